The average molecular weight is 626 g/mol. The molecule has 0 bridgehead atoms. The number of halogens is 7. The minimum Gasteiger partial charge on any atom is -0.442 e. The van der Waals surface area contributed by atoms with Gasteiger partial charge < -0.3 is 19.4 Å². The zero-order valence-electron chi connectivity index (χ0n) is 24.0. The lowest BCUT2D eigenvalue weighted by Crippen LogP contribution is -2.55. The minimum absolute atomic E-state index is 0.0234. The summed E-state index contributed by atoms with van der Waals surface area (Å²) >= 11 is 0. The van der Waals surface area contributed by atoms with E-state index in [2.05, 4.69) is 0 Å². The van der Waals surface area contributed by atoms with Gasteiger partial charge in [0.15, 0.2) is 0 Å². The van der Waals surface area contributed by atoms with Crippen LogP contribution in [0.4, 0.5) is 40.3 Å². The number of ether oxygens (including phenoxy) is 1. The van der Waals surface area contributed by atoms with Crippen LogP contribution in [0.3, 0.4) is 0 Å². The van der Waals surface area contributed by atoms with E-state index >= 15 is 0 Å². The molecule has 1 saturated heterocycles. The fourth-order valence-corrected chi connectivity index (χ4v) is 5.15. The molecule has 44 heavy (non-hydrogen) atoms. The van der Waals surface area contributed by atoms with Gasteiger partial charge in [-0.1, -0.05) is 36.4 Å². The molecule has 3 amide bonds. The van der Waals surface area contributed by atoms with Crippen molar-refractivity contribution in [1.82, 2.24) is 14.7 Å². The van der Waals surface area contributed by atoms with E-state index in [0.29, 0.717) is 23.3 Å². The SMILES string of the molecule is Cc1cc(F)ccc1[C@@H]1CN(C(=O)O[C@H](C)c2ccccc2)CCN1C(=O)N(C)Cc1cc(C(F)(F)F)cc(C(F)(F)F)c1. The molecular weight excluding hydrogens is 595 g/mol. The zero-order valence-corrected chi connectivity index (χ0v) is 24.0. The Morgan fingerprint density at radius 2 is 1.55 bits per heavy atom. The second-order valence-electron chi connectivity index (χ2n) is 10.6. The van der Waals surface area contributed by atoms with Crippen LogP contribution in [0.25, 0.3) is 0 Å². The van der Waals surface area contributed by atoms with Crippen LogP contribution in [0.5, 0.6) is 0 Å². The molecule has 1 aliphatic heterocycles. The van der Waals surface area contributed by atoms with E-state index in [1.54, 1.807) is 38.1 Å². The van der Waals surface area contributed by atoms with Gasteiger partial charge in [0, 0.05) is 33.2 Å². The highest BCUT2D eigenvalue weighted by atomic mass is 19.4. The van der Waals surface area contributed by atoms with Crippen LogP contribution in [0.2, 0.25) is 0 Å². The molecule has 0 N–H and O–H groups in total. The van der Waals surface area contributed by atoms with E-state index < -0.39 is 60.1 Å². The number of aryl methyl sites for hydroxylation is 1. The van der Waals surface area contributed by atoms with Crippen LogP contribution < -0.4 is 0 Å². The van der Waals surface area contributed by atoms with Crippen molar-refractivity contribution in [2.45, 2.75) is 44.9 Å². The summed E-state index contributed by atoms with van der Waals surface area (Å²) in [5.74, 6) is -0.518. The molecule has 0 unspecified atom stereocenters. The lowest BCUT2D eigenvalue weighted by atomic mass is 9.97. The smallest absolute Gasteiger partial charge is 0.416 e. The van der Waals surface area contributed by atoms with Crippen LogP contribution >= 0.6 is 0 Å². The summed E-state index contributed by atoms with van der Waals surface area (Å²) in [7, 11) is 1.26. The molecule has 236 valence electrons. The first-order valence-electron chi connectivity index (χ1n) is 13.6. The standard InChI is InChI=1S/C31H30F7N3O3/c1-19-13-25(32)9-10-26(19)27-18-40(29(43)44-20(2)22-7-5-4-6-8-22)11-12-41(27)28(42)39(3)17-21-14-23(30(33,34)35)16-24(15-21)31(36,37)38/h4-10,13-16,20,27H,11-12,17-18H2,1-3H3/t20-,27+/m1/s1. The van der Waals surface area contributed by atoms with E-state index in [4.69, 9.17) is 4.74 Å². The van der Waals surface area contributed by atoms with E-state index in [1.807, 2.05) is 6.07 Å². The Labute approximate surface area is 249 Å². The van der Waals surface area contributed by atoms with Crippen molar-refractivity contribution in [2.75, 3.05) is 26.7 Å². The fraction of sp³-hybridized carbons (Fsp3) is 0.355. The van der Waals surface area contributed by atoms with E-state index in [1.165, 1.54) is 35.0 Å². The molecular formula is C31H30F7N3O3. The first kappa shape index (κ1) is 32.6. The number of hydrogen-bond acceptors (Lipinski definition) is 3. The molecule has 0 spiro atoms. The van der Waals surface area contributed by atoms with Crippen molar-refractivity contribution < 1.29 is 45.1 Å². The maximum atomic E-state index is 14.0. The van der Waals surface area contributed by atoms with Gasteiger partial charge in [0.2, 0.25) is 0 Å². The molecule has 3 aromatic carbocycles. The highest BCUT2D eigenvalue weighted by Gasteiger charge is 2.39. The predicted molar refractivity (Wildman–Crippen MR) is 147 cm³/mol. The third kappa shape index (κ3) is 7.61. The molecule has 0 radical (unpaired) electrons. The van der Waals surface area contributed by atoms with Gasteiger partial charge in [0.25, 0.3) is 0 Å². The number of rotatable bonds is 5. The van der Waals surface area contributed by atoms with Crippen molar-refractivity contribution in [2.24, 2.45) is 0 Å². The summed E-state index contributed by atoms with van der Waals surface area (Å²) in [6.45, 7) is 2.74. The van der Waals surface area contributed by atoms with Gasteiger partial charge >= 0.3 is 24.5 Å². The summed E-state index contributed by atoms with van der Waals surface area (Å²) in [6.07, 6.45) is -11.3. The van der Waals surface area contributed by atoms with Crippen molar-refractivity contribution in [3.63, 3.8) is 0 Å². The molecule has 0 saturated carbocycles. The highest BCUT2D eigenvalue weighted by molar-refractivity contribution is 5.76. The monoisotopic (exact) mass is 625 g/mol. The van der Waals surface area contributed by atoms with Crippen LogP contribution in [-0.4, -0.2) is 53.5 Å². The molecule has 13 heteroatoms. The van der Waals surface area contributed by atoms with Gasteiger partial charge in [-0.3, -0.25) is 0 Å². The van der Waals surface area contributed by atoms with Gasteiger partial charge in [-0.2, -0.15) is 26.3 Å². The largest absolute Gasteiger partial charge is 0.442 e. The maximum Gasteiger partial charge on any atom is 0.416 e. The summed E-state index contributed by atoms with van der Waals surface area (Å²) < 4.78 is 99.9. The highest BCUT2D eigenvalue weighted by Crippen LogP contribution is 2.37. The van der Waals surface area contributed by atoms with Crippen molar-refractivity contribution in [3.05, 3.63) is 106 Å². The Bertz CT molecular complexity index is 1460. The topological polar surface area (TPSA) is 53.1 Å². The summed E-state index contributed by atoms with van der Waals surface area (Å²) in [4.78, 5) is 30.6. The number of amides is 3. The minimum atomic E-state index is -5.03. The number of urea groups is 1. The molecule has 0 aliphatic carbocycles. The number of carbonyl (C=O) groups excluding carboxylic acids is 2. The van der Waals surface area contributed by atoms with Crippen molar-refractivity contribution >= 4 is 12.1 Å². The Morgan fingerprint density at radius 3 is 2.11 bits per heavy atom. The van der Waals surface area contributed by atoms with Gasteiger partial charge in [0.1, 0.15) is 11.9 Å². The Balaban J connectivity index is 1.58. The third-order valence-electron chi connectivity index (χ3n) is 7.42. The van der Waals surface area contributed by atoms with Gasteiger partial charge in [-0.25, -0.2) is 14.0 Å². The molecule has 1 aliphatic rings. The van der Waals surface area contributed by atoms with Crippen LogP contribution in [0.15, 0.2) is 66.7 Å². The first-order valence-corrected chi connectivity index (χ1v) is 13.6. The quantitative estimate of drug-likeness (QED) is 0.270. The van der Waals surface area contributed by atoms with Crippen LogP contribution in [0.1, 0.15) is 52.5 Å². The van der Waals surface area contributed by atoms with Crippen LogP contribution in [-0.2, 0) is 23.6 Å². The van der Waals surface area contributed by atoms with Crippen molar-refractivity contribution in [3.8, 4) is 0 Å². The summed E-state index contributed by atoms with van der Waals surface area (Å²) in [6, 6.07) is 12.6. The molecule has 2 atom stereocenters. The Kier molecular flexibility index (Phi) is 9.45. The molecule has 4 rings (SSSR count). The maximum absolute atomic E-state index is 14.0. The number of benzene rings is 3. The number of nitrogens with zero attached hydrogens (tertiary/aromatic N) is 3. The Morgan fingerprint density at radius 1 is 0.932 bits per heavy atom. The molecule has 1 fully saturated rings. The number of hydrogen-bond donors (Lipinski definition) is 0. The molecule has 0 aromatic heterocycles. The van der Waals surface area contributed by atoms with Gasteiger partial charge in [-0.15, -0.1) is 0 Å². The van der Waals surface area contributed by atoms with Crippen LogP contribution in [0, 0.1) is 12.7 Å². The molecule has 1 heterocycles. The second-order valence-corrected chi connectivity index (χ2v) is 10.6. The molecule has 3 aromatic rings. The third-order valence-corrected chi connectivity index (χ3v) is 7.42. The predicted octanol–water partition coefficient (Wildman–Crippen LogP) is 7.98. The number of carbonyl (C=O) groups is 2. The average Bonchev–Trinajstić information content (AvgIpc) is 2.96. The van der Waals surface area contributed by atoms with Gasteiger partial charge in [-0.05, 0) is 66.4 Å². The fourth-order valence-electron chi connectivity index (χ4n) is 5.15. The van der Waals surface area contributed by atoms with Crippen molar-refractivity contribution in [1.29, 1.82) is 0 Å². The summed E-state index contributed by atoms with van der Waals surface area (Å²) in [5, 5.41) is 0. The molecule has 6 nitrogen and oxygen atoms in total. The second kappa shape index (κ2) is 12.7. The lowest BCUT2D eigenvalue weighted by Gasteiger charge is -2.43. The van der Waals surface area contributed by atoms with E-state index in [0.717, 1.165) is 10.5 Å². The first-order chi connectivity index (χ1) is 20.5. The van der Waals surface area contributed by atoms with E-state index in [9.17, 15) is 40.3 Å². The zero-order chi connectivity index (χ0) is 32.4. The summed E-state index contributed by atoms with van der Waals surface area (Å²) in [5.41, 5.74) is -1.57. The van der Waals surface area contributed by atoms with Gasteiger partial charge in [0.05, 0.1) is 17.2 Å². The number of piperazine rings is 1. The lowest BCUT2D eigenvalue weighted by molar-refractivity contribution is -0.143. The Hall–Kier alpha value is -4.29. The normalized spacial score (nSPS) is 16.5. The number of alkyl halides is 6. The van der Waals surface area contributed by atoms with E-state index in [-0.39, 0.29) is 31.3 Å².